The van der Waals surface area contributed by atoms with Gasteiger partial charge in [0.05, 0.1) is 11.7 Å². The van der Waals surface area contributed by atoms with E-state index in [2.05, 4.69) is 37.9 Å². The fourth-order valence-electron chi connectivity index (χ4n) is 2.09. The van der Waals surface area contributed by atoms with Gasteiger partial charge < -0.3 is 10.4 Å². The highest BCUT2D eigenvalue weighted by molar-refractivity contribution is 14.1. The molecule has 0 atom stereocenters. The zero-order valence-electron chi connectivity index (χ0n) is 11.8. The van der Waals surface area contributed by atoms with Crippen molar-refractivity contribution < 1.29 is 9.90 Å². The number of carbonyl (C=O) groups excluding carboxylic acids is 1. The van der Waals surface area contributed by atoms with Gasteiger partial charge in [0.15, 0.2) is 11.4 Å². The molecule has 116 valence electrons. The summed E-state index contributed by atoms with van der Waals surface area (Å²) in [7, 11) is 0. The highest BCUT2D eigenvalue weighted by Gasteiger charge is 2.16. The molecule has 1 aromatic carbocycles. The lowest BCUT2D eigenvalue weighted by atomic mass is 10.2. The SMILES string of the molecule is O=C(NCc1ccc(Cl)cc1)c1ncc2ncc(I)cc2c1O. The first kappa shape index (κ1) is 15.9. The molecule has 0 aliphatic carbocycles. The van der Waals surface area contributed by atoms with Crippen LogP contribution in [0.3, 0.4) is 0 Å². The molecule has 0 saturated carbocycles. The summed E-state index contributed by atoms with van der Waals surface area (Å²) in [6.45, 7) is 0.319. The minimum absolute atomic E-state index is 0.0183. The fourth-order valence-corrected chi connectivity index (χ4v) is 2.67. The van der Waals surface area contributed by atoms with E-state index in [9.17, 15) is 9.90 Å². The third-order valence-electron chi connectivity index (χ3n) is 3.26. The Bertz CT molecular complexity index is 884. The van der Waals surface area contributed by atoms with Gasteiger partial charge in [0.2, 0.25) is 0 Å². The topological polar surface area (TPSA) is 75.1 Å². The molecule has 0 spiro atoms. The van der Waals surface area contributed by atoms with Crippen molar-refractivity contribution in [3.05, 3.63) is 62.6 Å². The maximum absolute atomic E-state index is 12.3. The van der Waals surface area contributed by atoms with E-state index in [0.717, 1.165) is 9.13 Å². The predicted octanol–water partition coefficient (Wildman–Crippen LogP) is 3.52. The molecule has 2 aromatic heterocycles. The number of aromatic hydroxyl groups is 1. The van der Waals surface area contributed by atoms with Crippen molar-refractivity contribution >= 4 is 51.0 Å². The summed E-state index contributed by atoms with van der Waals surface area (Å²) in [6, 6.07) is 8.91. The molecule has 0 fully saturated rings. The molecule has 0 saturated heterocycles. The zero-order chi connectivity index (χ0) is 16.4. The number of aromatic nitrogens is 2. The molecule has 0 radical (unpaired) electrons. The first-order valence-electron chi connectivity index (χ1n) is 6.70. The second-order valence-electron chi connectivity index (χ2n) is 4.85. The van der Waals surface area contributed by atoms with Gasteiger partial charge in [-0.1, -0.05) is 23.7 Å². The van der Waals surface area contributed by atoms with Crippen LogP contribution in [0.1, 0.15) is 16.1 Å². The molecule has 2 N–H and O–H groups in total. The smallest absolute Gasteiger partial charge is 0.274 e. The Balaban J connectivity index is 1.83. The summed E-state index contributed by atoms with van der Waals surface area (Å²) in [6.07, 6.45) is 3.15. The highest BCUT2D eigenvalue weighted by atomic mass is 127. The molecule has 23 heavy (non-hydrogen) atoms. The van der Waals surface area contributed by atoms with E-state index in [1.165, 1.54) is 6.20 Å². The number of carbonyl (C=O) groups is 1. The van der Waals surface area contributed by atoms with Crippen molar-refractivity contribution in [3.8, 4) is 5.75 Å². The molecular weight excluding hydrogens is 429 g/mol. The largest absolute Gasteiger partial charge is 0.505 e. The Kier molecular flexibility index (Phi) is 4.63. The maximum atomic E-state index is 12.3. The van der Waals surface area contributed by atoms with Gasteiger partial charge in [0.1, 0.15) is 0 Å². The predicted molar refractivity (Wildman–Crippen MR) is 96.5 cm³/mol. The summed E-state index contributed by atoms with van der Waals surface area (Å²) in [5, 5.41) is 14.2. The van der Waals surface area contributed by atoms with E-state index in [0.29, 0.717) is 22.5 Å². The van der Waals surface area contributed by atoms with Crippen LogP contribution in [0.25, 0.3) is 10.9 Å². The van der Waals surface area contributed by atoms with Gasteiger partial charge in [-0.2, -0.15) is 0 Å². The van der Waals surface area contributed by atoms with E-state index in [-0.39, 0.29) is 11.4 Å². The summed E-state index contributed by atoms with van der Waals surface area (Å²) in [5.41, 5.74) is 1.42. The first-order valence-corrected chi connectivity index (χ1v) is 8.16. The van der Waals surface area contributed by atoms with Crippen molar-refractivity contribution in [1.82, 2.24) is 15.3 Å². The molecule has 0 bridgehead atoms. The summed E-state index contributed by atoms with van der Waals surface area (Å²) < 4.78 is 0.865. The quantitative estimate of drug-likeness (QED) is 0.612. The van der Waals surface area contributed by atoms with Crippen molar-refractivity contribution in [1.29, 1.82) is 0 Å². The van der Waals surface area contributed by atoms with Crippen LogP contribution in [0.15, 0.2) is 42.7 Å². The van der Waals surface area contributed by atoms with Gasteiger partial charge >= 0.3 is 0 Å². The number of nitrogens with zero attached hydrogens (tertiary/aromatic N) is 2. The lowest BCUT2D eigenvalue weighted by molar-refractivity contribution is 0.0943. The molecule has 3 rings (SSSR count). The van der Waals surface area contributed by atoms with Crippen LogP contribution in [0.4, 0.5) is 0 Å². The average Bonchev–Trinajstić information content (AvgIpc) is 2.55. The van der Waals surface area contributed by atoms with Gasteiger partial charge in [-0.15, -0.1) is 0 Å². The summed E-state index contributed by atoms with van der Waals surface area (Å²) in [4.78, 5) is 20.4. The van der Waals surface area contributed by atoms with Crippen LogP contribution in [0.2, 0.25) is 5.02 Å². The van der Waals surface area contributed by atoms with E-state index in [1.54, 1.807) is 24.4 Å². The van der Waals surface area contributed by atoms with Gasteiger partial charge in [-0.25, -0.2) is 4.98 Å². The number of halogens is 2. The van der Waals surface area contributed by atoms with Crippen LogP contribution in [-0.2, 0) is 6.54 Å². The standard InChI is InChI=1S/C16H11ClIN3O2/c17-10-3-1-9(2-4-10)6-21-16(23)14-15(22)12-5-11(18)7-19-13(12)8-20-14/h1-5,7-8,22H,6H2,(H,21,23). The number of rotatable bonds is 3. The number of nitrogens with one attached hydrogen (secondary N) is 1. The first-order chi connectivity index (χ1) is 11.0. The molecule has 3 aromatic rings. The number of hydrogen-bond donors (Lipinski definition) is 2. The van der Waals surface area contributed by atoms with E-state index in [1.807, 2.05) is 12.1 Å². The number of fused-ring (bicyclic) bond motifs is 1. The van der Waals surface area contributed by atoms with E-state index >= 15 is 0 Å². The fraction of sp³-hybridized carbons (Fsp3) is 0.0625. The minimum Gasteiger partial charge on any atom is -0.505 e. The minimum atomic E-state index is -0.446. The van der Waals surface area contributed by atoms with Gasteiger partial charge in [0.25, 0.3) is 5.91 Å². The molecule has 0 aliphatic rings. The van der Waals surface area contributed by atoms with Crippen molar-refractivity contribution in [3.63, 3.8) is 0 Å². The number of amides is 1. The Morgan fingerprint density at radius 3 is 2.70 bits per heavy atom. The van der Waals surface area contributed by atoms with Gasteiger partial charge in [-0.05, 0) is 46.4 Å². The van der Waals surface area contributed by atoms with E-state index < -0.39 is 5.91 Å². The number of hydrogen-bond acceptors (Lipinski definition) is 4. The number of benzene rings is 1. The molecule has 0 unspecified atom stereocenters. The van der Waals surface area contributed by atoms with Gasteiger partial charge in [0, 0.05) is 26.7 Å². The van der Waals surface area contributed by atoms with Crippen molar-refractivity contribution in [2.45, 2.75) is 6.54 Å². The Morgan fingerprint density at radius 1 is 1.22 bits per heavy atom. The number of pyridine rings is 2. The lowest BCUT2D eigenvalue weighted by Gasteiger charge is -2.08. The van der Waals surface area contributed by atoms with Crippen LogP contribution >= 0.6 is 34.2 Å². The Labute approximate surface area is 150 Å². The Morgan fingerprint density at radius 2 is 1.96 bits per heavy atom. The molecule has 2 heterocycles. The van der Waals surface area contributed by atoms with Crippen LogP contribution in [0, 0.1) is 3.57 Å². The lowest BCUT2D eigenvalue weighted by Crippen LogP contribution is -2.24. The molecule has 0 aliphatic heterocycles. The summed E-state index contributed by atoms with van der Waals surface area (Å²) >= 11 is 7.92. The molecule has 7 heteroatoms. The molecule has 5 nitrogen and oxygen atoms in total. The molecule has 1 amide bonds. The third-order valence-corrected chi connectivity index (χ3v) is 4.10. The molecular formula is C16H11ClIN3O2. The third kappa shape index (κ3) is 3.53. The second kappa shape index (κ2) is 6.67. The van der Waals surface area contributed by atoms with Crippen LogP contribution in [0.5, 0.6) is 5.75 Å². The normalized spacial score (nSPS) is 10.7. The van der Waals surface area contributed by atoms with Gasteiger partial charge in [-0.3, -0.25) is 9.78 Å². The van der Waals surface area contributed by atoms with Crippen LogP contribution < -0.4 is 5.32 Å². The second-order valence-corrected chi connectivity index (χ2v) is 6.53. The Hall–Kier alpha value is -1.93. The maximum Gasteiger partial charge on any atom is 0.274 e. The van der Waals surface area contributed by atoms with Crippen molar-refractivity contribution in [2.75, 3.05) is 0 Å². The summed E-state index contributed by atoms with van der Waals surface area (Å²) in [5.74, 6) is -0.611. The average molecular weight is 440 g/mol. The monoisotopic (exact) mass is 439 g/mol. The highest BCUT2D eigenvalue weighted by Crippen LogP contribution is 2.26. The van der Waals surface area contributed by atoms with Crippen LogP contribution in [-0.4, -0.2) is 21.0 Å². The van der Waals surface area contributed by atoms with E-state index in [4.69, 9.17) is 11.6 Å². The van der Waals surface area contributed by atoms with Crippen molar-refractivity contribution in [2.24, 2.45) is 0 Å². The zero-order valence-corrected chi connectivity index (χ0v) is 14.7.